The van der Waals surface area contributed by atoms with Gasteiger partial charge < -0.3 is 16.0 Å². The highest BCUT2D eigenvalue weighted by Crippen LogP contribution is 2.17. The zero-order valence-corrected chi connectivity index (χ0v) is 10.2. The highest BCUT2D eigenvalue weighted by Gasteiger charge is 2.20. The molecule has 5 heteroatoms. The minimum atomic E-state index is -0.118. The quantitative estimate of drug-likeness (QED) is 0.785. The molecule has 2 amide bonds. The molecule has 0 atom stereocenters. The van der Waals surface area contributed by atoms with Gasteiger partial charge in [0.25, 0.3) is 0 Å². The van der Waals surface area contributed by atoms with E-state index >= 15 is 0 Å². The van der Waals surface area contributed by atoms with Gasteiger partial charge in [-0.05, 0) is 18.6 Å². The van der Waals surface area contributed by atoms with Crippen molar-refractivity contribution < 1.29 is 9.59 Å². The number of nitrogen functional groups attached to an aromatic ring is 1. The Hall–Kier alpha value is -2.04. The van der Waals surface area contributed by atoms with Crippen molar-refractivity contribution in [3.05, 3.63) is 24.3 Å². The molecule has 96 valence electrons. The van der Waals surface area contributed by atoms with Gasteiger partial charge in [0.15, 0.2) is 0 Å². The summed E-state index contributed by atoms with van der Waals surface area (Å²) in [5.41, 5.74) is 6.90. The predicted octanol–water partition coefficient (Wildman–Crippen LogP) is 1.22. The van der Waals surface area contributed by atoms with Crippen LogP contribution in [0.15, 0.2) is 24.3 Å². The summed E-state index contributed by atoms with van der Waals surface area (Å²) in [6, 6.07) is 7.12. The maximum absolute atomic E-state index is 11.7. The summed E-state index contributed by atoms with van der Waals surface area (Å²) in [6.07, 6.45) is 1.80. The molecule has 5 nitrogen and oxygen atoms in total. The Labute approximate surface area is 106 Å². The third-order valence-corrected chi connectivity index (χ3v) is 3.02. The molecule has 1 heterocycles. The van der Waals surface area contributed by atoms with Crippen LogP contribution in [0, 0.1) is 0 Å². The van der Waals surface area contributed by atoms with Crippen molar-refractivity contribution in [2.75, 3.05) is 24.1 Å². The molecule has 1 aliphatic rings. The lowest BCUT2D eigenvalue weighted by Crippen LogP contribution is -2.28. The summed E-state index contributed by atoms with van der Waals surface area (Å²) in [7, 11) is 0. The van der Waals surface area contributed by atoms with Crippen molar-refractivity contribution in [2.24, 2.45) is 0 Å². The van der Waals surface area contributed by atoms with Gasteiger partial charge in [-0.3, -0.25) is 9.59 Å². The normalized spacial score (nSPS) is 14.9. The number of carbonyl (C=O) groups excluding carboxylic acids is 2. The molecule has 3 N–H and O–H groups in total. The first kappa shape index (κ1) is 12.4. The maximum atomic E-state index is 11.7. The smallest absolute Gasteiger partial charge is 0.226 e. The Balaban J connectivity index is 1.82. The molecular weight excluding hydrogens is 230 g/mol. The topological polar surface area (TPSA) is 75.4 Å². The molecule has 0 saturated carbocycles. The SMILES string of the molecule is Nc1ccccc1NC(=O)CCN1CCCC1=O. The van der Waals surface area contributed by atoms with Gasteiger partial charge in [-0.2, -0.15) is 0 Å². The van der Waals surface area contributed by atoms with Gasteiger partial charge in [0.05, 0.1) is 11.4 Å². The minimum absolute atomic E-state index is 0.118. The number of hydrogen-bond acceptors (Lipinski definition) is 3. The van der Waals surface area contributed by atoms with Crippen molar-refractivity contribution >= 4 is 23.2 Å². The zero-order valence-electron chi connectivity index (χ0n) is 10.2. The van der Waals surface area contributed by atoms with E-state index in [1.54, 1.807) is 17.0 Å². The molecule has 0 aromatic heterocycles. The fourth-order valence-electron chi connectivity index (χ4n) is 2.00. The first-order valence-electron chi connectivity index (χ1n) is 6.09. The summed E-state index contributed by atoms with van der Waals surface area (Å²) < 4.78 is 0. The molecule has 0 spiro atoms. The standard InChI is InChI=1S/C13H17N3O2/c14-10-4-1-2-5-11(10)15-12(17)7-9-16-8-3-6-13(16)18/h1-2,4-5H,3,6-9,14H2,(H,15,17). The average Bonchev–Trinajstić information content (AvgIpc) is 2.75. The molecular formula is C13H17N3O2. The molecule has 1 aliphatic heterocycles. The Morgan fingerprint density at radius 2 is 2.17 bits per heavy atom. The van der Waals surface area contributed by atoms with Gasteiger partial charge in [-0.15, -0.1) is 0 Å². The van der Waals surface area contributed by atoms with E-state index in [4.69, 9.17) is 5.73 Å². The molecule has 0 bridgehead atoms. The lowest BCUT2D eigenvalue weighted by atomic mass is 10.2. The molecule has 1 aromatic rings. The summed E-state index contributed by atoms with van der Waals surface area (Å²) in [5, 5.41) is 2.75. The van der Waals surface area contributed by atoms with E-state index < -0.39 is 0 Å². The highest BCUT2D eigenvalue weighted by atomic mass is 16.2. The predicted molar refractivity (Wildman–Crippen MR) is 69.9 cm³/mol. The first-order chi connectivity index (χ1) is 8.66. The molecule has 1 aromatic carbocycles. The molecule has 1 saturated heterocycles. The Morgan fingerprint density at radius 3 is 2.83 bits per heavy atom. The van der Waals surface area contributed by atoms with Gasteiger partial charge in [0, 0.05) is 25.9 Å². The average molecular weight is 247 g/mol. The van der Waals surface area contributed by atoms with Crippen LogP contribution in [-0.2, 0) is 9.59 Å². The van der Waals surface area contributed by atoms with Gasteiger partial charge in [0.1, 0.15) is 0 Å². The van der Waals surface area contributed by atoms with Crippen LogP contribution in [-0.4, -0.2) is 29.8 Å². The maximum Gasteiger partial charge on any atom is 0.226 e. The van der Waals surface area contributed by atoms with Crippen LogP contribution in [0.4, 0.5) is 11.4 Å². The second-order valence-electron chi connectivity index (χ2n) is 4.37. The van der Waals surface area contributed by atoms with Crippen molar-refractivity contribution in [1.29, 1.82) is 0 Å². The van der Waals surface area contributed by atoms with Gasteiger partial charge in [-0.1, -0.05) is 12.1 Å². The second kappa shape index (κ2) is 5.53. The summed E-state index contributed by atoms with van der Waals surface area (Å²) in [4.78, 5) is 24.8. The number of rotatable bonds is 4. The second-order valence-corrected chi connectivity index (χ2v) is 4.37. The van der Waals surface area contributed by atoms with Gasteiger partial charge >= 0.3 is 0 Å². The lowest BCUT2D eigenvalue weighted by molar-refractivity contribution is -0.128. The summed E-state index contributed by atoms with van der Waals surface area (Å²) >= 11 is 0. The zero-order chi connectivity index (χ0) is 13.0. The van der Waals surface area contributed by atoms with E-state index in [-0.39, 0.29) is 11.8 Å². The molecule has 18 heavy (non-hydrogen) atoms. The van der Waals surface area contributed by atoms with E-state index in [9.17, 15) is 9.59 Å². The fraction of sp³-hybridized carbons (Fsp3) is 0.385. The number of carbonyl (C=O) groups is 2. The number of anilines is 2. The highest BCUT2D eigenvalue weighted by molar-refractivity contribution is 5.94. The fourth-order valence-corrected chi connectivity index (χ4v) is 2.00. The van der Waals surface area contributed by atoms with Crippen LogP contribution in [0.5, 0.6) is 0 Å². The minimum Gasteiger partial charge on any atom is -0.397 e. The van der Waals surface area contributed by atoms with Crippen LogP contribution in [0.3, 0.4) is 0 Å². The Morgan fingerprint density at radius 1 is 1.39 bits per heavy atom. The number of likely N-dealkylation sites (tertiary alicyclic amines) is 1. The number of benzene rings is 1. The number of nitrogens with zero attached hydrogens (tertiary/aromatic N) is 1. The van der Waals surface area contributed by atoms with Gasteiger partial charge in [-0.25, -0.2) is 0 Å². The van der Waals surface area contributed by atoms with Crippen LogP contribution >= 0.6 is 0 Å². The molecule has 2 rings (SSSR count). The molecule has 0 aliphatic carbocycles. The van der Waals surface area contributed by atoms with Gasteiger partial charge in [0.2, 0.25) is 11.8 Å². The molecule has 0 unspecified atom stereocenters. The third-order valence-electron chi connectivity index (χ3n) is 3.02. The number of nitrogens with two attached hydrogens (primary N) is 1. The van der Waals surface area contributed by atoms with Crippen molar-refractivity contribution in [3.63, 3.8) is 0 Å². The van der Waals surface area contributed by atoms with E-state index in [1.165, 1.54) is 0 Å². The number of hydrogen-bond donors (Lipinski definition) is 2. The van der Waals surface area contributed by atoms with Crippen molar-refractivity contribution in [3.8, 4) is 0 Å². The molecule has 1 fully saturated rings. The third kappa shape index (κ3) is 3.00. The van der Waals surface area contributed by atoms with Crippen molar-refractivity contribution in [1.82, 2.24) is 4.90 Å². The number of amides is 2. The lowest BCUT2D eigenvalue weighted by Gasteiger charge is -2.15. The van der Waals surface area contributed by atoms with E-state index in [0.717, 1.165) is 13.0 Å². The van der Waals surface area contributed by atoms with Crippen molar-refractivity contribution in [2.45, 2.75) is 19.3 Å². The number of para-hydroxylation sites is 2. The number of nitrogens with one attached hydrogen (secondary N) is 1. The van der Waals surface area contributed by atoms with Crippen LogP contribution in [0.25, 0.3) is 0 Å². The van der Waals surface area contributed by atoms with Crippen LogP contribution in [0.2, 0.25) is 0 Å². The monoisotopic (exact) mass is 247 g/mol. The van der Waals surface area contributed by atoms with E-state index in [1.807, 2.05) is 12.1 Å². The largest absolute Gasteiger partial charge is 0.397 e. The first-order valence-corrected chi connectivity index (χ1v) is 6.09. The summed E-state index contributed by atoms with van der Waals surface area (Å²) in [6.45, 7) is 1.25. The van der Waals surface area contributed by atoms with Crippen LogP contribution in [0.1, 0.15) is 19.3 Å². The van der Waals surface area contributed by atoms with Crippen LogP contribution < -0.4 is 11.1 Å². The Bertz CT molecular complexity index is 459. The summed E-state index contributed by atoms with van der Waals surface area (Å²) in [5.74, 6) is 0.0228. The molecule has 0 radical (unpaired) electrons. The van der Waals surface area contributed by atoms with E-state index in [2.05, 4.69) is 5.32 Å². The Kier molecular flexibility index (Phi) is 3.82. The van der Waals surface area contributed by atoms with E-state index in [0.29, 0.717) is 30.8 Å².